The summed E-state index contributed by atoms with van der Waals surface area (Å²) in [5.41, 5.74) is 3.49. The number of nitrogens with one attached hydrogen (secondary N) is 3. The molecule has 4 N–H and O–H groups in total. The van der Waals surface area contributed by atoms with Gasteiger partial charge in [0.2, 0.25) is 11.9 Å². The maximum absolute atomic E-state index is 12.1. The summed E-state index contributed by atoms with van der Waals surface area (Å²) in [6.07, 6.45) is 3.25. The van der Waals surface area contributed by atoms with Crippen LogP contribution in [-0.4, -0.2) is 33.2 Å². The fourth-order valence-electron chi connectivity index (χ4n) is 2.90. The third kappa shape index (κ3) is 5.57. The first kappa shape index (κ1) is 21.8. The number of aromatic nitrogens is 2. The van der Waals surface area contributed by atoms with E-state index in [1.807, 2.05) is 48.5 Å². The number of carbonyl (C=O) groups excluding carboxylic acids is 1. The van der Waals surface area contributed by atoms with E-state index in [4.69, 9.17) is 4.52 Å². The predicted molar refractivity (Wildman–Crippen MR) is 119 cm³/mol. The summed E-state index contributed by atoms with van der Waals surface area (Å²) in [6, 6.07) is 15.2. The van der Waals surface area contributed by atoms with E-state index < -0.39 is 19.3 Å². The Balaban J connectivity index is 1.59. The van der Waals surface area contributed by atoms with Gasteiger partial charge in [-0.15, -0.1) is 0 Å². The largest absolute Gasteiger partial charge is 0.350 e. The Kier molecular flexibility index (Phi) is 7.05. The van der Waals surface area contributed by atoms with Gasteiger partial charge in [0.1, 0.15) is 5.78 Å². The molecule has 1 heterocycles. The molecule has 1 amide bonds. The summed E-state index contributed by atoms with van der Waals surface area (Å²) in [4.78, 5) is 29.7. The van der Waals surface area contributed by atoms with Crippen molar-refractivity contribution in [1.29, 1.82) is 0 Å². The highest BCUT2D eigenvalue weighted by molar-refractivity contribution is 7.53. The van der Waals surface area contributed by atoms with Gasteiger partial charge in [0.25, 0.3) is 0 Å². The Hall–Kier alpha value is -2.93. The first-order valence-electron chi connectivity index (χ1n) is 9.68. The molecular weight excluding hydrogens is 403 g/mol. The maximum Gasteiger partial charge on any atom is 0.350 e. The minimum absolute atomic E-state index is 0.102. The number of hydrogen-bond acceptors (Lipinski definition) is 5. The lowest BCUT2D eigenvalue weighted by Crippen LogP contribution is -2.33. The van der Waals surface area contributed by atoms with Gasteiger partial charge >= 0.3 is 7.60 Å². The van der Waals surface area contributed by atoms with Crippen LogP contribution >= 0.6 is 7.60 Å². The van der Waals surface area contributed by atoms with Gasteiger partial charge in [-0.05, 0) is 49.2 Å². The summed E-state index contributed by atoms with van der Waals surface area (Å²) >= 11 is 0. The predicted octanol–water partition coefficient (Wildman–Crippen LogP) is 4.39. The third-order valence-electron chi connectivity index (χ3n) is 4.39. The van der Waals surface area contributed by atoms with Crippen molar-refractivity contribution in [1.82, 2.24) is 15.3 Å². The first-order valence-corrected chi connectivity index (χ1v) is 11.3. The standard InChI is InChI=1S/C21H25N4O4P/c1-3-20(30(27,28)29-4-2)25-19(26)14-11-15-9-12-16(13-10-15)22-21-23-17-7-5-6-8-18(17)24-21/h5-14,20H,3-4H2,1-2H3,(H,25,26)(H,27,28)(H2,22,23,24)/b14-11+. The molecule has 9 heteroatoms. The van der Waals surface area contributed by atoms with Crippen LogP contribution in [0, 0.1) is 0 Å². The molecular formula is C21H25N4O4P. The lowest BCUT2D eigenvalue weighted by molar-refractivity contribution is -0.116. The number of anilines is 2. The molecule has 30 heavy (non-hydrogen) atoms. The van der Waals surface area contributed by atoms with Gasteiger partial charge in [0.05, 0.1) is 17.6 Å². The molecule has 0 radical (unpaired) electrons. The van der Waals surface area contributed by atoms with Crippen LogP contribution in [0.4, 0.5) is 11.6 Å². The third-order valence-corrected chi connectivity index (χ3v) is 6.30. The molecule has 2 unspecified atom stereocenters. The summed E-state index contributed by atoms with van der Waals surface area (Å²) in [5, 5.41) is 5.74. The highest BCUT2D eigenvalue weighted by atomic mass is 31.2. The van der Waals surface area contributed by atoms with Crippen molar-refractivity contribution in [3.8, 4) is 0 Å². The number of benzene rings is 2. The summed E-state index contributed by atoms with van der Waals surface area (Å²) in [5.74, 6) is -0.752. The number of rotatable bonds is 9. The number of nitrogens with zero attached hydrogens (tertiary/aromatic N) is 1. The molecule has 0 spiro atoms. The molecule has 0 aliphatic heterocycles. The highest BCUT2D eigenvalue weighted by Crippen LogP contribution is 2.47. The smallest absolute Gasteiger partial charge is 0.338 e. The number of amides is 1. The van der Waals surface area contributed by atoms with Crippen LogP contribution in [-0.2, 0) is 13.9 Å². The number of imidazole rings is 1. The van der Waals surface area contributed by atoms with E-state index >= 15 is 0 Å². The van der Waals surface area contributed by atoms with Crippen LogP contribution < -0.4 is 10.6 Å². The van der Waals surface area contributed by atoms with Crippen LogP contribution in [0.2, 0.25) is 0 Å². The first-order chi connectivity index (χ1) is 14.4. The average Bonchev–Trinajstić information content (AvgIpc) is 3.13. The number of H-pyrrole nitrogens is 1. The second kappa shape index (κ2) is 9.71. The molecule has 3 aromatic rings. The van der Waals surface area contributed by atoms with Crippen molar-refractivity contribution in [3.05, 3.63) is 60.2 Å². The summed E-state index contributed by atoms with van der Waals surface area (Å²) in [6.45, 7) is 3.44. The van der Waals surface area contributed by atoms with E-state index in [1.54, 1.807) is 19.9 Å². The molecule has 0 fully saturated rings. The van der Waals surface area contributed by atoms with E-state index in [0.29, 0.717) is 5.95 Å². The zero-order chi connectivity index (χ0) is 21.6. The van der Waals surface area contributed by atoms with Crippen LogP contribution in [0.25, 0.3) is 17.1 Å². The number of carbonyl (C=O) groups is 1. The van der Waals surface area contributed by atoms with Crippen molar-refractivity contribution in [2.45, 2.75) is 26.1 Å². The monoisotopic (exact) mass is 428 g/mol. The van der Waals surface area contributed by atoms with Crippen molar-refractivity contribution in [2.24, 2.45) is 0 Å². The summed E-state index contributed by atoms with van der Waals surface area (Å²) in [7, 11) is -3.89. The van der Waals surface area contributed by atoms with Crippen molar-refractivity contribution < 1.29 is 18.8 Å². The fraction of sp³-hybridized carbons (Fsp3) is 0.238. The van der Waals surface area contributed by atoms with Crippen molar-refractivity contribution >= 4 is 42.2 Å². The lowest BCUT2D eigenvalue weighted by Gasteiger charge is -2.21. The van der Waals surface area contributed by atoms with Gasteiger partial charge in [-0.3, -0.25) is 9.36 Å². The Morgan fingerprint density at radius 3 is 2.63 bits per heavy atom. The highest BCUT2D eigenvalue weighted by Gasteiger charge is 2.31. The van der Waals surface area contributed by atoms with Gasteiger partial charge < -0.3 is 25.0 Å². The topological polar surface area (TPSA) is 116 Å². The molecule has 1 aromatic heterocycles. The van der Waals surface area contributed by atoms with Crippen LogP contribution in [0.1, 0.15) is 25.8 Å². The Bertz CT molecular complexity index is 1050. The second-order valence-corrected chi connectivity index (χ2v) is 8.61. The van der Waals surface area contributed by atoms with E-state index in [1.165, 1.54) is 6.08 Å². The molecule has 3 rings (SSSR count). The van der Waals surface area contributed by atoms with E-state index in [0.717, 1.165) is 22.3 Å². The zero-order valence-electron chi connectivity index (χ0n) is 16.8. The minimum atomic E-state index is -3.89. The molecule has 0 saturated carbocycles. The second-order valence-electron chi connectivity index (χ2n) is 6.60. The molecule has 0 aliphatic carbocycles. The van der Waals surface area contributed by atoms with Crippen molar-refractivity contribution in [2.75, 3.05) is 11.9 Å². The summed E-state index contributed by atoms with van der Waals surface area (Å²) < 4.78 is 17.0. The molecule has 2 aromatic carbocycles. The van der Waals surface area contributed by atoms with E-state index in [2.05, 4.69) is 20.6 Å². The van der Waals surface area contributed by atoms with Crippen LogP contribution in [0.5, 0.6) is 0 Å². The number of hydrogen-bond donors (Lipinski definition) is 4. The van der Waals surface area contributed by atoms with Gasteiger partial charge in [-0.1, -0.05) is 31.2 Å². The normalized spacial score (nSPS) is 14.5. The number of aromatic amines is 1. The lowest BCUT2D eigenvalue weighted by atomic mass is 10.2. The maximum atomic E-state index is 12.1. The Morgan fingerprint density at radius 2 is 1.97 bits per heavy atom. The average molecular weight is 428 g/mol. The van der Waals surface area contributed by atoms with Gasteiger partial charge in [0, 0.05) is 11.8 Å². The number of fused-ring (bicyclic) bond motifs is 1. The molecule has 8 nitrogen and oxygen atoms in total. The fourth-order valence-corrected chi connectivity index (χ4v) is 4.20. The SMILES string of the molecule is CCOP(=O)(O)C(CC)NC(=O)/C=C/c1ccc(Nc2nc3ccccc3[nH]2)cc1. The van der Waals surface area contributed by atoms with Crippen LogP contribution in [0.3, 0.4) is 0 Å². The van der Waals surface area contributed by atoms with E-state index in [-0.39, 0.29) is 13.0 Å². The van der Waals surface area contributed by atoms with Gasteiger partial charge in [-0.2, -0.15) is 0 Å². The van der Waals surface area contributed by atoms with Gasteiger partial charge in [-0.25, -0.2) is 4.98 Å². The zero-order valence-corrected chi connectivity index (χ0v) is 17.7. The van der Waals surface area contributed by atoms with Crippen LogP contribution in [0.15, 0.2) is 54.6 Å². The molecule has 0 aliphatic rings. The number of para-hydroxylation sites is 2. The molecule has 2 atom stereocenters. The molecule has 0 bridgehead atoms. The van der Waals surface area contributed by atoms with Crippen molar-refractivity contribution in [3.63, 3.8) is 0 Å². The van der Waals surface area contributed by atoms with Gasteiger partial charge in [0.15, 0.2) is 0 Å². The Labute approximate surface area is 174 Å². The Morgan fingerprint density at radius 1 is 1.23 bits per heavy atom. The van der Waals surface area contributed by atoms with E-state index in [9.17, 15) is 14.3 Å². The minimum Gasteiger partial charge on any atom is -0.338 e. The molecule has 0 saturated heterocycles. The molecule has 158 valence electrons. The quantitative estimate of drug-likeness (QED) is 0.297.